The van der Waals surface area contributed by atoms with Crippen LogP contribution in [0.5, 0.6) is 5.88 Å². The molecule has 40 heavy (non-hydrogen) atoms. The number of rotatable bonds is 9. The summed E-state index contributed by atoms with van der Waals surface area (Å²) in [5, 5.41) is 7.75. The average Bonchev–Trinajstić information content (AvgIpc) is 3.40. The summed E-state index contributed by atoms with van der Waals surface area (Å²) in [4.78, 5) is 25.7. The number of hydrogen-bond donors (Lipinski definition) is 0. The van der Waals surface area contributed by atoms with Gasteiger partial charge in [0.2, 0.25) is 17.7 Å². The van der Waals surface area contributed by atoms with Crippen LogP contribution in [-0.4, -0.2) is 76.3 Å². The van der Waals surface area contributed by atoms with Crippen LogP contribution in [0, 0.1) is 0 Å². The van der Waals surface area contributed by atoms with Gasteiger partial charge in [-0.1, -0.05) is 13.3 Å². The van der Waals surface area contributed by atoms with Gasteiger partial charge in [-0.15, -0.1) is 10.2 Å². The summed E-state index contributed by atoms with van der Waals surface area (Å²) in [6.07, 6.45) is -4.21. The highest BCUT2D eigenvalue weighted by atomic mass is 19.4. The minimum absolute atomic E-state index is 0.0958. The molecule has 0 bridgehead atoms. The number of aromatic nitrogens is 4. The monoisotopic (exact) mass is 575 g/mol. The maximum Gasteiger partial charge on any atom is 0.421 e. The molecule has 0 unspecified atom stereocenters. The fraction of sp³-hybridized carbons (Fsp3) is 0.640. The Kier molecular flexibility index (Phi) is 9.19. The molecule has 0 saturated carbocycles. The number of hydrogen-bond acceptors (Lipinski definition) is 8. The fourth-order valence-electron chi connectivity index (χ4n) is 4.81. The minimum atomic E-state index is -4.65. The summed E-state index contributed by atoms with van der Waals surface area (Å²) in [5.74, 6) is -0.351. The molecule has 4 heterocycles. The second-order valence-corrected chi connectivity index (χ2v) is 9.79. The first-order valence-electron chi connectivity index (χ1n) is 13.2. The second kappa shape index (κ2) is 12.4. The van der Waals surface area contributed by atoms with E-state index in [4.69, 9.17) is 4.74 Å². The van der Waals surface area contributed by atoms with E-state index in [1.807, 2.05) is 6.92 Å². The highest BCUT2D eigenvalue weighted by molar-refractivity contribution is 5.76. The number of unbranched alkanes of at least 4 members (excludes halogenated alkanes) is 1. The SMILES string of the molecule is CCCCOc1nnc(N2CCC[C@@H]2CCC(=O)N2CCN(c3ncc(C(F)(F)F)cn3)CC2)cc1C(F)(F)F. The zero-order valence-corrected chi connectivity index (χ0v) is 22.0. The van der Waals surface area contributed by atoms with Crippen LogP contribution >= 0.6 is 0 Å². The van der Waals surface area contributed by atoms with Gasteiger partial charge in [-0.3, -0.25) is 4.79 Å². The van der Waals surface area contributed by atoms with Crippen molar-refractivity contribution in [1.29, 1.82) is 0 Å². The van der Waals surface area contributed by atoms with Gasteiger partial charge in [-0.05, 0) is 25.7 Å². The van der Waals surface area contributed by atoms with Crippen LogP contribution in [0.15, 0.2) is 18.5 Å². The van der Waals surface area contributed by atoms with E-state index in [0.29, 0.717) is 52.0 Å². The molecule has 2 fully saturated rings. The number of carbonyl (C=O) groups is 1. The highest BCUT2D eigenvalue weighted by Gasteiger charge is 2.38. The predicted molar refractivity (Wildman–Crippen MR) is 133 cm³/mol. The molecule has 9 nitrogen and oxygen atoms in total. The van der Waals surface area contributed by atoms with Gasteiger partial charge in [-0.25, -0.2) is 9.97 Å². The van der Waals surface area contributed by atoms with Crippen molar-refractivity contribution in [2.75, 3.05) is 49.1 Å². The largest absolute Gasteiger partial charge is 0.476 e. The Labute approximate surface area is 227 Å². The van der Waals surface area contributed by atoms with Gasteiger partial charge in [0.05, 0.1) is 12.2 Å². The number of carbonyl (C=O) groups excluding carboxylic acids is 1. The molecular formula is C25H31F6N7O2. The Morgan fingerprint density at radius 3 is 2.33 bits per heavy atom. The van der Waals surface area contributed by atoms with E-state index >= 15 is 0 Å². The van der Waals surface area contributed by atoms with Crippen molar-refractivity contribution in [3.63, 3.8) is 0 Å². The van der Waals surface area contributed by atoms with Crippen molar-refractivity contribution in [2.24, 2.45) is 0 Å². The average molecular weight is 576 g/mol. The Morgan fingerprint density at radius 1 is 1.00 bits per heavy atom. The van der Waals surface area contributed by atoms with Crippen molar-refractivity contribution in [3.05, 3.63) is 29.6 Å². The summed E-state index contributed by atoms with van der Waals surface area (Å²) >= 11 is 0. The topological polar surface area (TPSA) is 87.6 Å². The van der Waals surface area contributed by atoms with Gasteiger partial charge in [0.25, 0.3) is 0 Å². The molecule has 2 aromatic rings. The molecule has 4 rings (SSSR count). The van der Waals surface area contributed by atoms with Crippen molar-refractivity contribution in [1.82, 2.24) is 25.1 Å². The lowest BCUT2D eigenvalue weighted by molar-refractivity contribution is -0.139. The molecule has 2 aromatic heterocycles. The van der Waals surface area contributed by atoms with E-state index in [9.17, 15) is 31.1 Å². The number of halogens is 6. The standard InChI is InChI=1S/C25H31F6N7O2/c1-2-3-13-40-22-19(25(29,30)31)14-20(34-35-22)38-8-4-5-18(38)6-7-21(39)36-9-11-37(12-10-36)23-32-15-17(16-33-23)24(26,27)28/h14-16,18H,2-13H2,1H3/t18-/m1/s1. The minimum Gasteiger partial charge on any atom is -0.476 e. The molecule has 0 radical (unpaired) electrons. The first kappa shape index (κ1) is 29.6. The number of piperazine rings is 1. The van der Waals surface area contributed by atoms with Crippen molar-refractivity contribution in [2.45, 2.75) is 63.8 Å². The molecule has 0 spiro atoms. The first-order chi connectivity index (χ1) is 19.0. The van der Waals surface area contributed by atoms with Crippen LogP contribution in [-0.2, 0) is 17.1 Å². The van der Waals surface area contributed by atoms with Crippen LogP contribution < -0.4 is 14.5 Å². The predicted octanol–water partition coefficient (Wildman–Crippen LogP) is 4.58. The molecule has 0 aromatic carbocycles. The summed E-state index contributed by atoms with van der Waals surface area (Å²) in [6, 6.07) is 0.810. The normalized spacial score (nSPS) is 18.4. The van der Waals surface area contributed by atoms with Crippen molar-refractivity contribution >= 4 is 17.7 Å². The molecule has 1 atom stereocenters. The lowest BCUT2D eigenvalue weighted by Crippen LogP contribution is -2.49. The number of anilines is 2. The van der Waals surface area contributed by atoms with Gasteiger partial charge < -0.3 is 19.4 Å². The van der Waals surface area contributed by atoms with Gasteiger partial charge in [0.1, 0.15) is 5.56 Å². The molecule has 2 aliphatic heterocycles. The summed E-state index contributed by atoms with van der Waals surface area (Å²) in [7, 11) is 0. The van der Waals surface area contributed by atoms with E-state index in [2.05, 4.69) is 20.2 Å². The maximum absolute atomic E-state index is 13.7. The van der Waals surface area contributed by atoms with Crippen LogP contribution in [0.25, 0.3) is 0 Å². The van der Waals surface area contributed by atoms with Crippen LogP contribution in [0.4, 0.5) is 38.1 Å². The first-order valence-corrected chi connectivity index (χ1v) is 13.2. The lowest BCUT2D eigenvalue weighted by Gasteiger charge is -2.35. The smallest absolute Gasteiger partial charge is 0.421 e. The maximum atomic E-state index is 13.7. The zero-order chi connectivity index (χ0) is 28.9. The van der Waals surface area contributed by atoms with E-state index in [1.54, 1.807) is 14.7 Å². The molecule has 2 saturated heterocycles. The Balaban J connectivity index is 1.31. The summed E-state index contributed by atoms with van der Waals surface area (Å²) in [6.45, 7) is 3.99. The Morgan fingerprint density at radius 2 is 1.70 bits per heavy atom. The van der Waals surface area contributed by atoms with Crippen LogP contribution in [0.2, 0.25) is 0 Å². The number of nitrogens with zero attached hydrogens (tertiary/aromatic N) is 7. The van der Waals surface area contributed by atoms with E-state index < -0.39 is 29.4 Å². The van der Waals surface area contributed by atoms with Gasteiger partial charge in [0, 0.05) is 63.6 Å². The molecule has 15 heteroatoms. The second-order valence-electron chi connectivity index (χ2n) is 9.79. The lowest BCUT2D eigenvalue weighted by atomic mass is 10.1. The van der Waals surface area contributed by atoms with E-state index in [-0.39, 0.29) is 36.7 Å². The fourth-order valence-corrected chi connectivity index (χ4v) is 4.81. The zero-order valence-electron chi connectivity index (χ0n) is 22.0. The third kappa shape index (κ3) is 7.22. The molecule has 2 aliphatic rings. The number of amides is 1. The molecular weight excluding hydrogens is 544 g/mol. The molecule has 1 amide bonds. The molecule has 220 valence electrons. The van der Waals surface area contributed by atoms with Crippen LogP contribution in [0.3, 0.4) is 0 Å². The van der Waals surface area contributed by atoms with Crippen molar-refractivity contribution < 1.29 is 35.9 Å². The van der Waals surface area contributed by atoms with Crippen LogP contribution in [0.1, 0.15) is 56.6 Å². The number of ether oxygens (including phenoxy) is 1. The third-order valence-corrected chi connectivity index (χ3v) is 7.03. The summed E-state index contributed by atoms with van der Waals surface area (Å²) in [5.41, 5.74) is -1.90. The third-order valence-electron chi connectivity index (χ3n) is 7.03. The molecule has 0 aliphatic carbocycles. The van der Waals surface area contributed by atoms with Crippen molar-refractivity contribution in [3.8, 4) is 5.88 Å². The van der Waals surface area contributed by atoms with Gasteiger partial charge >= 0.3 is 12.4 Å². The van der Waals surface area contributed by atoms with E-state index in [1.165, 1.54) is 0 Å². The summed E-state index contributed by atoms with van der Waals surface area (Å²) < 4.78 is 84.6. The quantitative estimate of drug-likeness (QED) is 0.317. The van der Waals surface area contributed by atoms with Gasteiger partial charge in [-0.2, -0.15) is 26.3 Å². The van der Waals surface area contributed by atoms with E-state index in [0.717, 1.165) is 31.3 Å². The molecule has 0 N–H and O–H groups in total. The number of alkyl halides is 6. The highest BCUT2D eigenvalue weighted by Crippen LogP contribution is 2.38. The van der Waals surface area contributed by atoms with Gasteiger partial charge in [0.15, 0.2) is 5.82 Å². The Bertz CT molecular complexity index is 1140. The Hall–Kier alpha value is -3.39.